The molecule has 3 aromatic rings. The number of rotatable bonds is 5. The molecule has 1 N–H and O–H groups in total. The number of aromatic nitrogens is 1. The third-order valence-electron chi connectivity index (χ3n) is 3.27. The predicted molar refractivity (Wildman–Crippen MR) is 87.9 cm³/mol. The number of carboxylic acid groups (broad SMARTS) is 1. The summed E-state index contributed by atoms with van der Waals surface area (Å²) in [5.74, 6) is -1.58. The van der Waals surface area contributed by atoms with Crippen molar-refractivity contribution < 1.29 is 14.7 Å². The standard InChI is InChI=1S/C17H14N2O3S/c20-15(9-10-16(21)22)18-12-7-5-11(6-8-12)17-19-13-3-1-2-4-14(13)23-17/h1-8H,9-10H2,(H,18,20)(H,21,22)/p-1. The Bertz CT molecular complexity index is 823. The molecule has 3 rings (SSSR count). The zero-order valence-electron chi connectivity index (χ0n) is 12.1. The van der Waals surface area contributed by atoms with Crippen LogP contribution < -0.4 is 10.4 Å². The number of carboxylic acids is 1. The average Bonchev–Trinajstić information content (AvgIpc) is 2.97. The molecule has 0 aliphatic rings. The number of thiazole rings is 1. The summed E-state index contributed by atoms with van der Waals surface area (Å²) in [6, 6.07) is 15.3. The van der Waals surface area contributed by atoms with Gasteiger partial charge in [-0.3, -0.25) is 4.79 Å². The molecule has 0 atom stereocenters. The van der Waals surface area contributed by atoms with Gasteiger partial charge in [-0.05, 0) is 42.8 Å². The monoisotopic (exact) mass is 325 g/mol. The fraction of sp³-hybridized carbons (Fsp3) is 0.118. The molecule has 0 unspecified atom stereocenters. The van der Waals surface area contributed by atoms with Crippen molar-refractivity contribution in [1.29, 1.82) is 0 Å². The van der Waals surface area contributed by atoms with Crippen LogP contribution in [0.15, 0.2) is 48.5 Å². The number of carbonyl (C=O) groups excluding carboxylic acids is 2. The number of carbonyl (C=O) groups is 2. The number of anilines is 1. The van der Waals surface area contributed by atoms with Gasteiger partial charge in [0.05, 0.1) is 10.2 Å². The SMILES string of the molecule is O=C([O-])CCC(=O)Nc1ccc(-c2nc3ccccc3s2)cc1. The number of nitrogens with one attached hydrogen (secondary N) is 1. The molecule has 0 aliphatic carbocycles. The predicted octanol–water partition coefficient (Wildman–Crippen LogP) is 2.43. The van der Waals surface area contributed by atoms with Crippen LogP contribution in [0.25, 0.3) is 20.8 Å². The average molecular weight is 325 g/mol. The Balaban J connectivity index is 1.71. The number of amides is 1. The molecule has 0 aliphatic heterocycles. The maximum atomic E-state index is 11.6. The first-order valence-electron chi connectivity index (χ1n) is 7.07. The minimum absolute atomic E-state index is 0.0953. The van der Waals surface area contributed by atoms with E-state index in [4.69, 9.17) is 0 Å². The van der Waals surface area contributed by atoms with Gasteiger partial charge in [0.2, 0.25) is 5.91 Å². The summed E-state index contributed by atoms with van der Waals surface area (Å²) in [6.45, 7) is 0. The van der Waals surface area contributed by atoms with Crippen LogP contribution in [-0.4, -0.2) is 16.9 Å². The van der Waals surface area contributed by atoms with Gasteiger partial charge in [-0.15, -0.1) is 11.3 Å². The fourth-order valence-electron chi connectivity index (χ4n) is 2.13. The van der Waals surface area contributed by atoms with E-state index in [2.05, 4.69) is 10.3 Å². The van der Waals surface area contributed by atoms with Crippen LogP contribution in [0.2, 0.25) is 0 Å². The molecule has 116 valence electrons. The number of benzene rings is 2. The molecule has 1 aromatic heterocycles. The van der Waals surface area contributed by atoms with E-state index in [1.54, 1.807) is 23.5 Å². The minimum Gasteiger partial charge on any atom is -0.550 e. The molecule has 0 fully saturated rings. The van der Waals surface area contributed by atoms with Crippen molar-refractivity contribution in [1.82, 2.24) is 4.98 Å². The molecule has 0 radical (unpaired) electrons. The van der Waals surface area contributed by atoms with Gasteiger partial charge in [0.25, 0.3) is 0 Å². The highest BCUT2D eigenvalue weighted by Gasteiger charge is 2.07. The minimum atomic E-state index is -1.23. The second-order valence-electron chi connectivity index (χ2n) is 4.98. The highest BCUT2D eigenvalue weighted by atomic mass is 32.1. The first-order chi connectivity index (χ1) is 11.1. The van der Waals surface area contributed by atoms with Gasteiger partial charge in [0.1, 0.15) is 5.01 Å². The number of hydrogen-bond acceptors (Lipinski definition) is 5. The number of aliphatic carboxylic acids is 1. The Hall–Kier alpha value is -2.73. The van der Waals surface area contributed by atoms with Crippen LogP contribution >= 0.6 is 11.3 Å². The molecule has 1 heterocycles. The molecular weight excluding hydrogens is 312 g/mol. The van der Waals surface area contributed by atoms with E-state index in [0.717, 1.165) is 20.8 Å². The van der Waals surface area contributed by atoms with Crippen molar-refractivity contribution in [3.8, 4) is 10.6 Å². The lowest BCUT2D eigenvalue weighted by atomic mass is 10.2. The number of hydrogen-bond donors (Lipinski definition) is 1. The van der Waals surface area contributed by atoms with Gasteiger partial charge in [0.15, 0.2) is 0 Å². The van der Waals surface area contributed by atoms with E-state index in [1.807, 2.05) is 36.4 Å². The van der Waals surface area contributed by atoms with Crippen molar-refractivity contribution in [2.45, 2.75) is 12.8 Å². The number of fused-ring (bicyclic) bond motifs is 1. The molecule has 6 heteroatoms. The Labute approximate surface area is 136 Å². The quantitative estimate of drug-likeness (QED) is 0.781. The Kier molecular flexibility index (Phi) is 4.34. The Morgan fingerprint density at radius 3 is 2.48 bits per heavy atom. The van der Waals surface area contributed by atoms with Crippen LogP contribution in [0.3, 0.4) is 0 Å². The van der Waals surface area contributed by atoms with Crippen molar-refractivity contribution in [2.24, 2.45) is 0 Å². The van der Waals surface area contributed by atoms with Crippen molar-refractivity contribution in [3.05, 3.63) is 48.5 Å². The molecule has 0 spiro atoms. The van der Waals surface area contributed by atoms with Crippen LogP contribution in [-0.2, 0) is 9.59 Å². The van der Waals surface area contributed by atoms with Crippen LogP contribution in [0.5, 0.6) is 0 Å². The molecule has 23 heavy (non-hydrogen) atoms. The van der Waals surface area contributed by atoms with Gasteiger partial charge >= 0.3 is 0 Å². The fourth-order valence-corrected chi connectivity index (χ4v) is 3.10. The van der Waals surface area contributed by atoms with Crippen molar-refractivity contribution >= 4 is 39.1 Å². The maximum absolute atomic E-state index is 11.6. The topological polar surface area (TPSA) is 82.1 Å². The Morgan fingerprint density at radius 2 is 1.78 bits per heavy atom. The summed E-state index contributed by atoms with van der Waals surface area (Å²) < 4.78 is 1.13. The van der Waals surface area contributed by atoms with E-state index in [-0.39, 0.29) is 18.7 Å². The van der Waals surface area contributed by atoms with Crippen LogP contribution in [0.1, 0.15) is 12.8 Å². The zero-order chi connectivity index (χ0) is 16.2. The summed E-state index contributed by atoms with van der Waals surface area (Å²) in [6.07, 6.45) is -0.377. The molecular formula is C17H13N2O3S-. The molecule has 0 saturated carbocycles. The summed E-state index contributed by atoms with van der Waals surface area (Å²) >= 11 is 1.61. The normalized spacial score (nSPS) is 10.6. The van der Waals surface area contributed by atoms with E-state index in [0.29, 0.717) is 5.69 Å². The molecule has 0 saturated heterocycles. The van der Waals surface area contributed by atoms with E-state index in [9.17, 15) is 14.7 Å². The summed E-state index contributed by atoms with van der Waals surface area (Å²) in [7, 11) is 0. The highest BCUT2D eigenvalue weighted by molar-refractivity contribution is 7.21. The molecule has 0 bridgehead atoms. The maximum Gasteiger partial charge on any atom is 0.224 e. The molecule has 1 amide bonds. The van der Waals surface area contributed by atoms with Gasteiger partial charge in [-0.25, -0.2) is 4.98 Å². The van der Waals surface area contributed by atoms with E-state index >= 15 is 0 Å². The summed E-state index contributed by atoms with van der Waals surface area (Å²) in [4.78, 5) is 26.5. The van der Waals surface area contributed by atoms with Crippen LogP contribution in [0, 0.1) is 0 Å². The first kappa shape index (κ1) is 15.2. The lowest BCUT2D eigenvalue weighted by Crippen LogP contribution is -2.24. The van der Waals surface area contributed by atoms with Gasteiger partial charge in [-0.2, -0.15) is 0 Å². The summed E-state index contributed by atoms with van der Waals surface area (Å²) in [5, 5.41) is 13.9. The zero-order valence-corrected chi connectivity index (χ0v) is 12.9. The smallest absolute Gasteiger partial charge is 0.224 e. The number of para-hydroxylation sites is 1. The van der Waals surface area contributed by atoms with Crippen molar-refractivity contribution in [2.75, 3.05) is 5.32 Å². The van der Waals surface area contributed by atoms with E-state index in [1.165, 1.54) is 0 Å². The van der Waals surface area contributed by atoms with Gasteiger partial charge in [-0.1, -0.05) is 12.1 Å². The third-order valence-corrected chi connectivity index (χ3v) is 4.35. The second-order valence-corrected chi connectivity index (χ2v) is 6.01. The van der Waals surface area contributed by atoms with Gasteiger partial charge < -0.3 is 15.2 Å². The lowest BCUT2D eigenvalue weighted by molar-refractivity contribution is -0.305. The summed E-state index contributed by atoms with van der Waals surface area (Å²) in [5.41, 5.74) is 2.56. The Morgan fingerprint density at radius 1 is 1.04 bits per heavy atom. The molecule has 2 aromatic carbocycles. The number of nitrogens with zero attached hydrogens (tertiary/aromatic N) is 1. The lowest BCUT2D eigenvalue weighted by Gasteiger charge is -2.06. The van der Waals surface area contributed by atoms with Crippen molar-refractivity contribution in [3.63, 3.8) is 0 Å². The van der Waals surface area contributed by atoms with Crippen LogP contribution in [0.4, 0.5) is 5.69 Å². The largest absolute Gasteiger partial charge is 0.550 e. The third kappa shape index (κ3) is 3.73. The molecule has 5 nitrogen and oxygen atoms in total. The van der Waals surface area contributed by atoms with E-state index < -0.39 is 5.97 Å². The van der Waals surface area contributed by atoms with Gasteiger partial charge in [0, 0.05) is 23.6 Å². The second kappa shape index (κ2) is 6.58. The first-order valence-corrected chi connectivity index (χ1v) is 7.89. The highest BCUT2D eigenvalue weighted by Crippen LogP contribution is 2.30.